The Kier molecular flexibility index (Phi) is 16.1. The molecule has 368 valence electrons. The van der Waals surface area contributed by atoms with Crippen LogP contribution in [-0.2, 0) is 30.5 Å². The minimum Gasteiger partial charge on any atom is -0.438 e. The molecule has 2 aliphatic rings. The summed E-state index contributed by atoms with van der Waals surface area (Å²) in [6, 6.07) is 32.1. The van der Waals surface area contributed by atoms with E-state index in [1.165, 1.54) is 65.6 Å². The first kappa shape index (κ1) is 51.6. The van der Waals surface area contributed by atoms with E-state index in [0.29, 0.717) is 48.1 Å². The van der Waals surface area contributed by atoms with Crippen LogP contribution in [0, 0.1) is 34.9 Å². The number of rotatable bonds is 14. The van der Waals surface area contributed by atoms with Crippen LogP contribution in [0.2, 0.25) is 0 Å². The first-order chi connectivity index (χ1) is 33.3. The normalized spacial score (nSPS) is 19.1. The van der Waals surface area contributed by atoms with Crippen LogP contribution in [0.25, 0.3) is 22.3 Å². The van der Waals surface area contributed by atoms with Crippen molar-refractivity contribution in [2.75, 3.05) is 37.1 Å². The van der Waals surface area contributed by atoms with Gasteiger partial charge in [-0.3, -0.25) is 0 Å². The zero-order chi connectivity index (χ0) is 50.4. The number of carbonyl (C=O) groups excluding carboxylic acids is 2. The van der Waals surface area contributed by atoms with Crippen molar-refractivity contribution in [3.8, 4) is 22.3 Å². The lowest BCUT2D eigenvalue weighted by atomic mass is 9.86. The van der Waals surface area contributed by atoms with Crippen LogP contribution in [0.15, 0.2) is 133 Å². The third-order valence-electron chi connectivity index (χ3n) is 13.1. The summed E-state index contributed by atoms with van der Waals surface area (Å²) < 4.78 is 117. The summed E-state index contributed by atoms with van der Waals surface area (Å²) in [6.07, 6.45) is 3.70. The molecule has 2 heterocycles. The first-order valence-corrected chi connectivity index (χ1v) is 26.0. The molecule has 0 radical (unpaired) electrons. The highest BCUT2D eigenvalue weighted by atomic mass is 32.2. The Morgan fingerprint density at radius 2 is 0.929 bits per heavy atom. The minimum absolute atomic E-state index is 0.0589. The maximum atomic E-state index is 14.1. The largest absolute Gasteiger partial charge is 0.438 e. The number of hydrogen-bond acceptors (Lipinski definition) is 7. The van der Waals surface area contributed by atoms with E-state index in [1.807, 2.05) is 32.2 Å². The van der Waals surface area contributed by atoms with Crippen molar-refractivity contribution in [3.63, 3.8) is 0 Å². The Labute approximate surface area is 408 Å². The predicted octanol–water partition coefficient (Wildman–Crippen LogP) is 13.3. The fraction of sp³-hybridized carbons (Fsp3) is 0.296. The van der Waals surface area contributed by atoms with Crippen molar-refractivity contribution in [3.05, 3.63) is 191 Å². The molecule has 0 N–H and O–H groups in total. The summed E-state index contributed by atoms with van der Waals surface area (Å²) in [6.45, 7) is 4.52. The zero-order valence-corrected chi connectivity index (χ0v) is 40.6. The lowest BCUT2D eigenvalue weighted by Crippen LogP contribution is -2.49. The van der Waals surface area contributed by atoms with E-state index in [4.69, 9.17) is 9.47 Å². The maximum absolute atomic E-state index is 14.1. The third kappa shape index (κ3) is 12.0. The van der Waals surface area contributed by atoms with Gasteiger partial charge < -0.3 is 19.3 Å². The smallest absolute Gasteiger partial charge is 0.411 e. The molecule has 0 aliphatic carbocycles. The van der Waals surface area contributed by atoms with Crippen LogP contribution in [0.4, 0.5) is 35.9 Å². The number of ether oxygens (including phenoxy) is 2. The quantitative estimate of drug-likeness (QED) is 0.100. The number of nitrogens with zero attached hydrogens (tertiary/aromatic N) is 2. The van der Waals surface area contributed by atoms with Gasteiger partial charge in [0, 0.05) is 68.3 Å². The van der Waals surface area contributed by atoms with E-state index in [9.17, 15) is 44.3 Å². The van der Waals surface area contributed by atoms with Crippen molar-refractivity contribution in [1.29, 1.82) is 0 Å². The van der Waals surface area contributed by atoms with Gasteiger partial charge in [-0.25, -0.2) is 44.3 Å². The Morgan fingerprint density at radius 3 is 1.27 bits per heavy atom. The molecule has 8 rings (SSSR count). The summed E-state index contributed by atoms with van der Waals surface area (Å²) >= 11 is 1.67. The minimum atomic E-state index is -3.33. The number of benzene rings is 6. The number of halogens is 6. The summed E-state index contributed by atoms with van der Waals surface area (Å²) in [7, 11) is -3.33. The molecule has 0 aromatic heterocycles. The molecule has 0 bridgehead atoms. The van der Waals surface area contributed by atoms with E-state index < -0.39 is 62.3 Å². The van der Waals surface area contributed by atoms with E-state index in [0.717, 1.165) is 40.8 Å². The molecule has 2 saturated heterocycles. The number of sulfone groups is 1. The van der Waals surface area contributed by atoms with Gasteiger partial charge in [0.2, 0.25) is 0 Å². The van der Waals surface area contributed by atoms with Gasteiger partial charge in [0.1, 0.15) is 55.9 Å². The molecule has 6 aromatic rings. The highest BCUT2D eigenvalue weighted by Gasteiger charge is 2.45. The zero-order valence-electron chi connectivity index (χ0n) is 38.9. The Hall–Kier alpha value is -6.26. The molecule has 0 unspecified atom stereocenters. The monoisotopic (exact) mass is 1000 g/mol. The molecular weight excluding hydrogens is 951 g/mol. The molecule has 6 aromatic carbocycles. The standard InChI is InChI=1S/C27H26F3NO4S.C27H26F3NO2S/c1-18(19-3-5-20(6-4-19)24-12-11-23(29)17-25(24)30)31-15-13-27(35-26(31)32,14-16-36(2,33)34)21-7-9-22(28)10-8-21;1-18(19-3-5-20(6-4-19)24-12-11-23(29)17-25(24)30)31-15-13-27(14-16-34-2,33-26(31)32)21-7-9-22(28)10-8-21/h3-12,17-18H,13-16H2,1-2H3;3-12,17-18H,13-16H2,1-2H3/t2*18-,27-/m00/s1. The van der Waals surface area contributed by atoms with Crippen LogP contribution in [-0.4, -0.2) is 67.5 Å². The molecule has 2 aliphatic heterocycles. The Morgan fingerprint density at radius 1 is 0.557 bits per heavy atom. The van der Waals surface area contributed by atoms with Crippen LogP contribution < -0.4 is 0 Å². The molecule has 2 fully saturated rings. The second-order valence-corrected chi connectivity index (χ2v) is 20.8. The second kappa shape index (κ2) is 21.8. The van der Waals surface area contributed by atoms with Gasteiger partial charge in [-0.2, -0.15) is 11.8 Å². The SMILES string of the molecule is CSCC[C@]1(c2ccc(F)cc2)CCN([C@@H](C)c2ccc(-c3ccc(F)cc3F)cc2)C(=O)O1.C[C@@H](c1ccc(-c2ccc(F)cc2F)cc1)N1CC[C@](CCS(C)(=O)=O)(c2ccc(F)cc2)OC1=O. The van der Waals surface area contributed by atoms with Crippen LogP contribution in [0.1, 0.15) is 73.9 Å². The number of cyclic esters (lactones) is 2. The summed E-state index contributed by atoms with van der Waals surface area (Å²) in [4.78, 5) is 29.5. The van der Waals surface area contributed by atoms with Gasteiger partial charge in [-0.05, 0) is 108 Å². The van der Waals surface area contributed by atoms with Gasteiger partial charge in [0.25, 0.3) is 0 Å². The third-order valence-corrected chi connectivity index (χ3v) is 14.6. The Bertz CT molecular complexity index is 2910. The molecule has 16 heteroatoms. The molecule has 70 heavy (non-hydrogen) atoms. The maximum Gasteiger partial charge on any atom is 0.411 e. The number of hydrogen-bond donors (Lipinski definition) is 0. The van der Waals surface area contributed by atoms with E-state index in [2.05, 4.69) is 0 Å². The van der Waals surface area contributed by atoms with Crippen molar-refractivity contribution in [2.24, 2.45) is 0 Å². The topological polar surface area (TPSA) is 93.2 Å². The van der Waals surface area contributed by atoms with Crippen LogP contribution >= 0.6 is 11.8 Å². The fourth-order valence-corrected chi connectivity index (χ4v) is 10.1. The van der Waals surface area contributed by atoms with Crippen LogP contribution in [0.5, 0.6) is 0 Å². The van der Waals surface area contributed by atoms with Gasteiger partial charge in [0.15, 0.2) is 0 Å². The van der Waals surface area contributed by atoms with Crippen molar-refractivity contribution in [1.82, 2.24) is 9.80 Å². The molecule has 0 saturated carbocycles. The highest BCUT2D eigenvalue weighted by Crippen LogP contribution is 2.42. The van der Waals surface area contributed by atoms with Crippen molar-refractivity contribution >= 4 is 33.8 Å². The van der Waals surface area contributed by atoms with Gasteiger partial charge in [-0.1, -0.05) is 72.8 Å². The lowest BCUT2D eigenvalue weighted by Gasteiger charge is -2.43. The number of thioether (sulfide) groups is 1. The van der Waals surface area contributed by atoms with Gasteiger partial charge >= 0.3 is 12.2 Å². The summed E-state index contributed by atoms with van der Waals surface area (Å²) in [5.74, 6) is -2.72. The molecule has 4 atom stereocenters. The fourth-order valence-electron chi connectivity index (χ4n) is 8.90. The first-order valence-electron chi connectivity index (χ1n) is 22.6. The van der Waals surface area contributed by atoms with E-state index in [1.54, 1.807) is 65.2 Å². The average Bonchev–Trinajstić information content (AvgIpc) is 3.33. The summed E-state index contributed by atoms with van der Waals surface area (Å²) in [5.41, 5.74) is 2.81. The van der Waals surface area contributed by atoms with Crippen LogP contribution in [0.3, 0.4) is 0 Å². The molecular formula is C54H52F6N2O6S2. The lowest BCUT2D eigenvalue weighted by molar-refractivity contribution is -0.0628. The van der Waals surface area contributed by atoms with Crippen molar-refractivity contribution in [2.45, 2.75) is 62.8 Å². The average molecular weight is 1000 g/mol. The second-order valence-electron chi connectivity index (χ2n) is 17.6. The van der Waals surface area contributed by atoms with Crippen molar-refractivity contribution < 1.29 is 53.8 Å². The Balaban J connectivity index is 0.000000207. The predicted molar refractivity (Wildman–Crippen MR) is 260 cm³/mol. The molecule has 8 nitrogen and oxygen atoms in total. The summed E-state index contributed by atoms with van der Waals surface area (Å²) in [5, 5.41) is 0. The van der Waals surface area contributed by atoms with Gasteiger partial charge in [0.05, 0.1) is 17.8 Å². The highest BCUT2D eigenvalue weighted by molar-refractivity contribution is 7.98. The number of amides is 2. The number of carbonyl (C=O) groups is 2. The molecule has 0 spiro atoms. The van der Waals surface area contributed by atoms with E-state index >= 15 is 0 Å². The van der Waals surface area contributed by atoms with E-state index in [-0.39, 0.29) is 42.2 Å². The molecule has 2 amide bonds. The van der Waals surface area contributed by atoms with Gasteiger partial charge in [-0.15, -0.1) is 0 Å².